The van der Waals surface area contributed by atoms with Gasteiger partial charge in [-0.3, -0.25) is 4.99 Å². The fourth-order valence-corrected chi connectivity index (χ4v) is 1.86. The van der Waals surface area contributed by atoms with Crippen LogP contribution in [0.1, 0.15) is 33.1 Å². The molecule has 0 aliphatic rings. The molecule has 0 radical (unpaired) electrons. The Bertz CT molecular complexity index is 436. The number of nitrogens with one attached hydrogen (secondary N) is 2. The predicted molar refractivity (Wildman–Crippen MR) is 92.0 cm³/mol. The molecule has 0 saturated heterocycles. The molecule has 0 bridgehead atoms. The van der Waals surface area contributed by atoms with Gasteiger partial charge in [-0.15, -0.1) is 0 Å². The summed E-state index contributed by atoms with van der Waals surface area (Å²) in [6, 6.07) is 7.65. The Kier molecular flexibility index (Phi) is 9.66. The van der Waals surface area contributed by atoms with Crippen LogP contribution in [0.5, 0.6) is 11.5 Å². The summed E-state index contributed by atoms with van der Waals surface area (Å²) in [6.07, 6.45) is 3.21. The van der Waals surface area contributed by atoms with E-state index in [1.807, 2.05) is 24.3 Å². The van der Waals surface area contributed by atoms with Crippen LogP contribution in [0.25, 0.3) is 0 Å². The molecule has 22 heavy (non-hydrogen) atoms. The van der Waals surface area contributed by atoms with Crippen molar-refractivity contribution in [1.82, 2.24) is 10.6 Å². The van der Waals surface area contributed by atoms with Crippen molar-refractivity contribution < 1.29 is 9.47 Å². The Labute approximate surface area is 134 Å². The quantitative estimate of drug-likeness (QED) is 0.396. The Morgan fingerprint density at radius 3 is 2.68 bits per heavy atom. The Morgan fingerprint density at radius 1 is 1.14 bits per heavy atom. The number of aliphatic imine (C=N–C) groups is 1. The highest BCUT2D eigenvalue weighted by Crippen LogP contribution is 2.18. The number of nitrogens with zero attached hydrogens (tertiary/aromatic N) is 1. The molecule has 0 atom stereocenters. The molecule has 2 N–H and O–H groups in total. The minimum Gasteiger partial charge on any atom is -0.497 e. The minimum atomic E-state index is 0.644. The molecule has 0 aliphatic carbocycles. The summed E-state index contributed by atoms with van der Waals surface area (Å²) in [7, 11) is 1.65. The zero-order valence-electron chi connectivity index (χ0n) is 14.0. The fourth-order valence-electron chi connectivity index (χ4n) is 1.86. The zero-order valence-corrected chi connectivity index (χ0v) is 14.0. The van der Waals surface area contributed by atoms with E-state index in [0.29, 0.717) is 6.61 Å². The van der Waals surface area contributed by atoms with Gasteiger partial charge in [0.25, 0.3) is 0 Å². The maximum absolute atomic E-state index is 5.70. The highest BCUT2D eigenvalue weighted by Gasteiger charge is 1.98. The largest absolute Gasteiger partial charge is 0.497 e. The molecule has 0 fully saturated rings. The van der Waals surface area contributed by atoms with Crippen molar-refractivity contribution in [3.63, 3.8) is 0 Å². The van der Waals surface area contributed by atoms with E-state index in [1.165, 1.54) is 6.42 Å². The smallest absolute Gasteiger partial charge is 0.191 e. The fraction of sp³-hybridized carbons (Fsp3) is 0.588. The van der Waals surface area contributed by atoms with Crippen LogP contribution in [0.2, 0.25) is 0 Å². The van der Waals surface area contributed by atoms with Crippen LogP contribution in [0.4, 0.5) is 0 Å². The van der Waals surface area contributed by atoms with Gasteiger partial charge in [-0.2, -0.15) is 0 Å². The van der Waals surface area contributed by atoms with E-state index in [-0.39, 0.29) is 0 Å². The minimum absolute atomic E-state index is 0.644. The normalized spacial score (nSPS) is 11.1. The first-order chi connectivity index (χ1) is 10.8. The number of hydrogen-bond acceptors (Lipinski definition) is 3. The summed E-state index contributed by atoms with van der Waals surface area (Å²) < 4.78 is 10.9. The van der Waals surface area contributed by atoms with E-state index in [2.05, 4.69) is 29.5 Å². The number of rotatable bonds is 10. The summed E-state index contributed by atoms with van der Waals surface area (Å²) in [5.41, 5.74) is 0. The summed E-state index contributed by atoms with van der Waals surface area (Å²) in [5.74, 6) is 2.53. The molecule has 0 unspecified atom stereocenters. The third-order valence-electron chi connectivity index (χ3n) is 3.05. The predicted octanol–water partition coefficient (Wildman–Crippen LogP) is 2.82. The van der Waals surface area contributed by atoms with Gasteiger partial charge in [0.05, 0.1) is 13.7 Å². The Balaban J connectivity index is 2.27. The van der Waals surface area contributed by atoms with Crippen molar-refractivity contribution >= 4 is 5.96 Å². The molecule has 5 nitrogen and oxygen atoms in total. The molecule has 1 rings (SSSR count). The van der Waals surface area contributed by atoms with Crippen molar-refractivity contribution in [2.24, 2.45) is 4.99 Å². The van der Waals surface area contributed by atoms with Gasteiger partial charge in [-0.05, 0) is 25.5 Å². The SMILES string of the molecule is CCCCNC(=NCCCOc1cccc(OC)c1)NCC. The second-order valence-electron chi connectivity index (χ2n) is 4.92. The van der Waals surface area contributed by atoms with E-state index in [0.717, 1.165) is 49.9 Å². The van der Waals surface area contributed by atoms with Gasteiger partial charge in [-0.25, -0.2) is 0 Å². The molecule has 0 saturated carbocycles. The molecule has 1 aromatic carbocycles. The number of unbranched alkanes of at least 4 members (excludes halogenated alkanes) is 1. The molecule has 124 valence electrons. The lowest BCUT2D eigenvalue weighted by Crippen LogP contribution is -2.37. The summed E-state index contributed by atoms with van der Waals surface area (Å²) in [5, 5.41) is 6.57. The van der Waals surface area contributed by atoms with E-state index in [4.69, 9.17) is 9.47 Å². The van der Waals surface area contributed by atoms with Crippen LogP contribution in [0.15, 0.2) is 29.3 Å². The lowest BCUT2D eigenvalue weighted by molar-refractivity contribution is 0.311. The number of ether oxygens (including phenoxy) is 2. The maximum atomic E-state index is 5.70. The molecule has 1 aromatic rings. The monoisotopic (exact) mass is 307 g/mol. The number of guanidine groups is 1. The van der Waals surface area contributed by atoms with Crippen LogP contribution in [0, 0.1) is 0 Å². The van der Waals surface area contributed by atoms with Crippen LogP contribution >= 0.6 is 0 Å². The first-order valence-corrected chi connectivity index (χ1v) is 8.09. The average Bonchev–Trinajstić information content (AvgIpc) is 2.55. The van der Waals surface area contributed by atoms with Crippen LogP contribution in [0.3, 0.4) is 0 Å². The third kappa shape index (κ3) is 7.76. The van der Waals surface area contributed by atoms with Crippen LogP contribution in [-0.2, 0) is 0 Å². The zero-order chi connectivity index (χ0) is 16.0. The molecule has 0 aromatic heterocycles. The second kappa shape index (κ2) is 11.7. The highest BCUT2D eigenvalue weighted by atomic mass is 16.5. The first kappa shape index (κ1) is 18.1. The Morgan fingerprint density at radius 2 is 1.95 bits per heavy atom. The highest BCUT2D eigenvalue weighted by molar-refractivity contribution is 5.79. The average molecular weight is 307 g/mol. The van der Waals surface area contributed by atoms with Crippen LogP contribution < -0.4 is 20.1 Å². The molecule has 0 spiro atoms. The van der Waals surface area contributed by atoms with Crippen molar-refractivity contribution in [2.75, 3.05) is 33.4 Å². The molecule has 0 amide bonds. The molecule has 0 heterocycles. The lowest BCUT2D eigenvalue weighted by atomic mass is 10.3. The standard InChI is InChI=1S/C17H29N3O2/c1-4-6-11-19-17(18-5-2)20-12-8-13-22-16-10-7-9-15(14-16)21-3/h7,9-10,14H,4-6,8,11-13H2,1-3H3,(H2,18,19,20). The molecule has 5 heteroatoms. The van der Waals surface area contributed by atoms with Crippen molar-refractivity contribution in [1.29, 1.82) is 0 Å². The maximum Gasteiger partial charge on any atom is 0.191 e. The van der Waals surface area contributed by atoms with Gasteiger partial charge in [0, 0.05) is 32.1 Å². The molecular weight excluding hydrogens is 278 g/mol. The van der Waals surface area contributed by atoms with Gasteiger partial charge in [0.2, 0.25) is 0 Å². The van der Waals surface area contributed by atoms with E-state index >= 15 is 0 Å². The topological polar surface area (TPSA) is 54.9 Å². The second-order valence-corrected chi connectivity index (χ2v) is 4.92. The van der Waals surface area contributed by atoms with Gasteiger partial charge in [-0.1, -0.05) is 19.4 Å². The Hall–Kier alpha value is -1.91. The van der Waals surface area contributed by atoms with E-state index < -0.39 is 0 Å². The number of hydrogen-bond donors (Lipinski definition) is 2. The van der Waals surface area contributed by atoms with Gasteiger partial charge in [0.15, 0.2) is 5.96 Å². The van der Waals surface area contributed by atoms with E-state index in [1.54, 1.807) is 7.11 Å². The van der Waals surface area contributed by atoms with Gasteiger partial charge in [0.1, 0.15) is 11.5 Å². The molecular formula is C17H29N3O2. The van der Waals surface area contributed by atoms with Gasteiger partial charge >= 0.3 is 0 Å². The lowest BCUT2D eigenvalue weighted by Gasteiger charge is -2.11. The number of benzene rings is 1. The summed E-state index contributed by atoms with van der Waals surface area (Å²) >= 11 is 0. The molecule has 0 aliphatic heterocycles. The first-order valence-electron chi connectivity index (χ1n) is 8.09. The summed E-state index contributed by atoms with van der Waals surface area (Å²) in [4.78, 5) is 4.54. The number of methoxy groups -OCH3 is 1. The summed E-state index contributed by atoms with van der Waals surface area (Å²) in [6.45, 7) is 7.47. The third-order valence-corrected chi connectivity index (χ3v) is 3.05. The van der Waals surface area contributed by atoms with Crippen molar-refractivity contribution in [3.05, 3.63) is 24.3 Å². The van der Waals surface area contributed by atoms with E-state index in [9.17, 15) is 0 Å². The van der Waals surface area contributed by atoms with Crippen molar-refractivity contribution in [3.8, 4) is 11.5 Å². The van der Waals surface area contributed by atoms with Gasteiger partial charge < -0.3 is 20.1 Å². The van der Waals surface area contributed by atoms with Crippen LogP contribution in [-0.4, -0.2) is 39.3 Å². The van der Waals surface area contributed by atoms with Crippen molar-refractivity contribution in [2.45, 2.75) is 33.1 Å².